The minimum Gasteiger partial charge on any atom is -0.480 e. The first-order valence-corrected chi connectivity index (χ1v) is 5.87. The fourth-order valence-corrected chi connectivity index (χ4v) is 2.08. The highest BCUT2D eigenvalue weighted by Gasteiger charge is 2.25. The summed E-state index contributed by atoms with van der Waals surface area (Å²) in [6.07, 6.45) is 0. The molecule has 1 aliphatic rings. The zero-order valence-corrected chi connectivity index (χ0v) is 10.3. The molecule has 18 heavy (non-hydrogen) atoms. The molecule has 0 spiro atoms. The van der Waals surface area contributed by atoms with Gasteiger partial charge in [0, 0.05) is 18.8 Å². The summed E-state index contributed by atoms with van der Waals surface area (Å²) < 4.78 is 0. The zero-order chi connectivity index (χ0) is 13.1. The lowest BCUT2D eigenvalue weighted by Crippen LogP contribution is -2.51. The molecule has 0 aromatic heterocycles. The monoisotopic (exact) mass is 248 g/mol. The van der Waals surface area contributed by atoms with E-state index >= 15 is 0 Å². The molecule has 1 aliphatic heterocycles. The molecule has 1 heterocycles. The SMILES string of the molecule is Cc1cccc(N2CCN(CC(=O)O)C(=O)C2)c1. The quantitative estimate of drug-likeness (QED) is 0.856. The number of benzene rings is 1. The van der Waals surface area contributed by atoms with E-state index in [2.05, 4.69) is 0 Å². The first-order valence-electron chi connectivity index (χ1n) is 5.87. The lowest BCUT2D eigenvalue weighted by Gasteiger charge is -2.34. The standard InChI is InChI=1S/C13H16N2O3/c1-10-3-2-4-11(7-10)14-5-6-15(9-13(17)18)12(16)8-14/h2-4,7H,5-6,8-9H2,1H3,(H,17,18). The van der Waals surface area contributed by atoms with Gasteiger partial charge in [0.1, 0.15) is 6.54 Å². The predicted octanol–water partition coefficient (Wildman–Crippen LogP) is 0.728. The van der Waals surface area contributed by atoms with Crippen LogP contribution >= 0.6 is 0 Å². The molecule has 1 saturated heterocycles. The van der Waals surface area contributed by atoms with Gasteiger partial charge < -0.3 is 14.9 Å². The van der Waals surface area contributed by atoms with Gasteiger partial charge in [0.2, 0.25) is 5.91 Å². The molecule has 1 fully saturated rings. The number of aryl methyl sites for hydroxylation is 1. The molecule has 0 atom stereocenters. The number of carboxylic acids is 1. The van der Waals surface area contributed by atoms with Gasteiger partial charge in [-0.1, -0.05) is 12.1 Å². The first-order chi connectivity index (χ1) is 8.56. The fraction of sp³-hybridized carbons (Fsp3) is 0.385. The maximum Gasteiger partial charge on any atom is 0.323 e. The van der Waals surface area contributed by atoms with Crippen molar-refractivity contribution in [1.82, 2.24) is 4.90 Å². The summed E-state index contributed by atoms with van der Waals surface area (Å²) in [4.78, 5) is 25.8. The maximum absolute atomic E-state index is 11.8. The Balaban J connectivity index is 2.04. The van der Waals surface area contributed by atoms with Crippen LogP contribution in [0.5, 0.6) is 0 Å². The molecule has 0 aliphatic carbocycles. The van der Waals surface area contributed by atoms with Crippen LogP contribution in [0, 0.1) is 6.92 Å². The van der Waals surface area contributed by atoms with E-state index in [4.69, 9.17) is 5.11 Å². The van der Waals surface area contributed by atoms with Crippen LogP contribution < -0.4 is 4.90 Å². The van der Waals surface area contributed by atoms with Crippen LogP contribution in [0.4, 0.5) is 5.69 Å². The Bertz CT molecular complexity index is 473. The minimum absolute atomic E-state index is 0.134. The molecule has 0 radical (unpaired) electrons. The lowest BCUT2D eigenvalue weighted by atomic mass is 10.2. The minimum atomic E-state index is -0.965. The van der Waals surface area contributed by atoms with Gasteiger partial charge in [-0.2, -0.15) is 0 Å². The first kappa shape index (κ1) is 12.4. The molecule has 5 heteroatoms. The van der Waals surface area contributed by atoms with Crippen molar-refractivity contribution in [3.05, 3.63) is 29.8 Å². The van der Waals surface area contributed by atoms with Crippen LogP contribution in [0.3, 0.4) is 0 Å². The van der Waals surface area contributed by atoms with Crippen LogP contribution in [0.25, 0.3) is 0 Å². The third-order valence-corrected chi connectivity index (χ3v) is 3.01. The van der Waals surface area contributed by atoms with E-state index in [0.29, 0.717) is 13.1 Å². The summed E-state index contributed by atoms with van der Waals surface area (Å²) in [5.74, 6) is -1.10. The van der Waals surface area contributed by atoms with Crippen molar-refractivity contribution in [2.45, 2.75) is 6.92 Å². The van der Waals surface area contributed by atoms with Crippen molar-refractivity contribution in [3.63, 3.8) is 0 Å². The van der Waals surface area contributed by atoms with E-state index in [0.717, 1.165) is 11.3 Å². The number of hydrogen-bond acceptors (Lipinski definition) is 3. The van der Waals surface area contributed by atoms with Crippen molar-refractivity contribution in [2.75, 3.05) is 31.1 Å². The van der Waals surface area contributed by atoms with E-state index in [-0.39, 0.29) is 19.0 Å². The van der Waals surface area contributed by atoms with Gasteiger partial charge in [0.05, 0.1) is 6.54 Å². The van der Waals surface area contributed by atoms with Crippen LogP contribution in [-0.2, 0) is 9.59 Å². The Morgan fingerprint density at radius 1 is 1.39 bits per heavy atom. The van der Waals surface area contributed by atoms with Gasteiger partial charge in [-0.15, -0.1) is 0 Å². The molecular formula is C13H16N2O3. The fourth-order valence-electron chi connectivity index (χ4n) is 2.08. The Labute approximate surface area is 106 Å². The molecule has 1 aromatic rings. The molecule has 1 N–H and O–H groups in total. The zero-order valence-electron chi connectivity index (χ0n) is 10.3. The summed E-state index contributed by atoms with van der Waals surface area (Å²) in [6, 6.07) is 7.96. The number of carboxylic acid groups (broad SMARTS) is 1. The number of hydrogen-bond donors (Lipinski definition) is 1. The number of amides is 1. The van der Waals surface area contributed by atoms with E-state index in [1.165, 1.54) is 4.90 Å². The molecular weight excluding hydrogens is 232 g/mol. The molecule has 5 nitrogen and oxygen atoms in total. The predicted molar refractivity (Wildman–Crippen MR) is 67.6 cm³/mol. The highest BCUT2D eigenvalue weighted by atomic mass is 16.4. The third-order valence-electron chi connectivity index (χ3n) is 3.01. The third kappa shape index (κ3) is 2.80. The second kappa shape index (κ2) is 5.08. The van der Waals surface area contributed by atoms with Crippen LogP contribution in [0.2, 0.25) is 0 Å². The number of piperazine rings is 1. The van der Waals surface area contributed by atoms with Crippen molar-refractivity contribution < 1.29 is 14.7 Å². The summed E-state index contributed by atoms with van der Waals surface area (Å²) in [5.41, 5.74) is 2.16. The lowest BCUT2D eigenvalue weighted by molar-refractivity contribution is -0.144. The number of rotatable bonds is 3. The Kier molecular flexibility index (Phi) is 3.50. The number of carbonyl (C=O) groups excluding carboxylic acids is 1. The number of carbonyl (C=O) groups is 2. The van der Waals surface area contributed by atoms with E-state index in [1.54, 1.807) is 0 Å². The summed E-state index contributed by atoms with van der Waals surface area (Å²) in [7, 11) is 0. The van der Waals surface area contributed by atoms with Gasteiger partial charge >= 0.3 is 5.97 Å². The van der Waals surface area contributed by atoms with Crippen LogP contribution in [-0.4, -0.2) is 48.1 Å². The highest BCUT2D eigenvalue weighted by Crippen LogP contribution is 2.18. The summed E-state index contributed by atoms with van der Waals surface area (Å²) >= 11 is 0. The summed E-state index contributed by atoms with van der Waals surface area (Å²) in [5, 5.41) is 8.70. The largest absolute Gasteiger partial charge is 0.480 e. The second-order valence-corrected chi connectivity index (χ2v) is 4.47. The van der Waals surface area contributed by atoms with Crippen molar-refractivity contribution in [1.29, 1.82) is 0 Å². The maximum atomic E-state index is 11.8. The topological polar surface area (TPSA) is 60.9 Å². The average molecular weight is 248 g/mol. The van der Waals surface area contributed by atoms with Crippen molar-refractivity contribution in [3.8, 4) is 0 Å². The molecule has 2 rings (SSSR count). The average Bonchev–Trinajstić information content (AvgIpc) is 2.31. The highest BCUT2D eigenvalue weighted by molar-refractivity contribution is 5.86. The number of anilines is 1. The van der Waals surface area contributed by atoms with Gasteiger partial charge in [-0.25, -0.2) is 0 Å². The summed E-state index contributed by atoms with van der Waals surface area (Å²) in [6.45, 7) is 3.17. The smallest absolute Gasteiger partial charge is 0.323 e. The van der Waals surface area contributed by atoms with Crippen LogP contribution in [0.15, 0.2) is 24.3 Å². The van der Waals surface area contributed by atoms with E-state index in [1.807, 2.05) is 36.1 Å². The van der Waals surface area contributed by atoms with Crippen LogP contribution in [0.1, 0.15) is 5.56 Å². The van der Waals surface area contributed by atoms with Gasteiger partial charge in [0.15, 0.2) is 0 Å². The molecule has 0 saturated carbocycles. The molecule has 1 aromatic carbocycles. The number of nitrogens with zero attached hydrogens (tertiary/aromatic N) is 2. The molecule has 96 valence electrons. The molecule has 0 bridgehead atoms. The molecule has 0 unspecified atom stereocenters. The van der Waals surface area contributed by atoms with E-state index in [9.17, 15) is 9.59 Å². The molecule has 1 amide bonds. The second-order valence-electron chi connectivity index (χ2n) is 4.47. The number of aliphatic carboxylic acids is 1. The Hall–Kier alpha value is -2.04. The Morgan fingerprint density at radius 2 is 2.17 bits per heavy atom. The van der Waals surface area contributed by atoms with E-state index < -0.39 is 5.97 Å². The normalized spacial score (nSPS) is 15.9. The van der Waals surface area contributed by atoms with Crippen molar-refractivity contribution in [2.24, 2.45) is 0 Å². The van der Waals surface area contributed by atoms with Gasteiger partial charge in [-0.05, 0) is 24.6 Å². The van der Waals surface area contributed by atoms with Gasteiger partial charge in [0.25, 0.3) is 0 Å². The van der Waals surface area contributed by atoms with Gasteiger partial charge in [-0.3, -0.25) is 9.59 Å². The van der Waals surface area contributed by atoms with Crippen molar-refractivity contribution >= 4 is 17.6 Å². The Morgan fingerprint density at radius 3 is 2.78 bits per heavy atom.